The second-order valence-electron chi connectivity index (χ2n) is 7.58. The van der Waals surface area contributed by atoms with Crippen LogP contribution in [0.5, 0.6) is 0 Å². The molecule has 9 heteroatoms. The smallest absolute Gasteiger partial charge is 0.352 e. The predicted octanol–water partition coefficient (Wildman–Crippen LogP) is 1.29. The third kappa shape index (κ3) is 5.25. The number of aliphatic imine (C=N–C) groups is 1. The molecule has 0 radical (unpaired) electrons. The van der Waals surface area contributed by atoms with Gasteiger partial charge in [-0.3, -0.25) is 4.57 Å². The topological polar surface area (TPSA) is 113 Å². The lowest BCUT2D eigenvalue weighted by molar-refractivity contribution is 0.00186. The highest BCUT2D eigenvalue weighted by Gasteiger charge is 2.37. The fraction of sp³-hybridized carbons (Fsp3) is 0.304. The monoisotopic (exact) mass is 435 g/mol. The van der Waals surface area contributed by atoms with Crippen molar-refractivity contribution in [1.29, 1.82) is 0 Å². The Labute approximate surface area is 185 Å². The Bertz CT molecular complexity index is 1050. The van der Waals surface area contributed by atoms with Crippen LogP contribution in [-0.4, -0.2) is 61.4 Å². The van der Waals surface area contributed by atoms with Crippen molar-refractivity contribution in [3.63, 3.8) is 0 Å². The van der Waals surface area contributed by atoms with Gasteiger partial charge in [-0.25, -0.2) is 14.8 Å². The molecule has 32 heavy (non-hydrogen) atoms. The number of aliphatic hydroxyl groups excluding tert-OH is 2. The van der Waals surface area contributed by atoms with Gasteiger partial charge in [-0.1, -0.05) is 60.7 Å². The number of rotatable bonds is 8. The van der Waals surface area contributed by atoms with Crippen molar-refractivity contribution in [2.24, 2.45) is 4.99 Å². The predicted molar refractivity (Wildman–Crippen MR) is 118 cm³/mol. The van der Waals surface area contributed by atoms with Crippen molar-refractivity contribution in [1.82, 2.24) is 19.4 Å². The number of aliphatic hydroxyl groups is 2. The van der Waals surface area contributed by atoms with E-state index in [4.69, 9.17) is 4.74 Å². The Balaban J connectivity index is 1.51. The first-order chi connectivity index (χ1) is 15.6. The maximum absolute atomic E-state index is 12.5. The zero-order valence-corrected chi connectivity index (χ0v) is 17.4. The van der Waals surface area contributed by atoms with E-state index in [2.05, 4.69) is 15.0 Å². The highest BCUT2D eigenvalue weighted by atomic mass is 16.5. The number of aromatic nitrogens is 3. The molecular weight excluding hydrogens is 410 g/mol. The Morgan fingerprint density at radius 1 is 1.09 bits per heavy atom. The van der Waals surface area contributed by atoms with Gasteiger partial charge in [0.25, 0.3) is 5.95 Å². The summed E-state index contributed by atoms with van der Waals surface area (Å²) in [6.07, 6.45) is 1.20. The molecule has 4 rings (SSSR count). The Morgan fingerprint density at radius 3 is 2.25 bits per heavy atom. The number of benzene rings is 2. The second-order valence-corrected chi connectivity index (χ2v) is 7.58. The quantitative estimate of drug-likeness (QED) is 0.405. The number of hydrogen-bond acceptors (Lipinski definition) is 7. The molecule has 0 saturated carbocycles. The van der Waals surface area contributed by atoms with Crippen LogP contribution in [-0.2, 0) is 17.8 Å². The second kappa shape index (κ2) is 10.3. The fourth-order valence-corrected chi connectivity index (χ4v) is 3.60. The van der Waals surface area contributed by atoms with Crippen LogP contribution in [0.2, 0.25) is 0 Å². The van der Waals surface area contributed by atoms with Gasteiger partial charge in [0.1, 0.15) is 18.5 Å². The van der Waals surface area contributed by atoms with Crippen LogP contribution in [0.3, 0.4) is 0 Å². The average Bonchev–Trinajstić information content (AvgIpc) is 3.19. The molecule has 2 heterocycles. The van der Waals surface area contributed by atoms with Crippen molar-refractivity contribution in [3.05, 3.63) is 88.6 Å². The van der Waals surface area contributed by atoms with E-state index in [-0.39, 0.29) is 19.2 Å². The minimum absolute atomic E-state index is 0.0319. The Kier molecular flexibility index (Phi) is 7.00. The van der Waals surface area contributed by atoms with E-state index in [1.165, 1.54) is 10.9 Å². The van der Waals surface area contributed by atoms with Crippen LogP contribution in [0.4, 0.5) is 5.95 Å². The van der Waals surface area contributed by atoms with E-state index < -0.39 is 23.9 Å². The van der Waals surface area contributed by atoms with E-state index in [1.807, 2.05) is 65.6 Å². The summed E-state index contributed by atoms with van der Waals surface area (Å²) in [5.74, 6) is 0.0319. The summed E-state index contributed by atoms with van der Waals surface area (Å²) in [4.78, 5) is 26.9. The minimum atomic E-state index is -1.01. The highest BCUT2D eigenvalue weighted by molar-refractivity contribution is 5.58. The summed E-state index contributed by atoms with van der Waals surface area (Å²) in [6.45, 7) is 1.03. The lowest BCUT2D eigenvalue weighted by Crippen LogP contribution is -2.36. The van der Waals surface area contributed by atoms with Crippen LogP contribution in [0.25, 0.3) is 0 Å². The summed E-state index contributed by atoms with van der Waals surface area (Å²) in [6, 6.07) is 19.4. The average molecular weight is 435 g/mol. The molecule has 2 N–H and O–H groups in total. The Morgan fingerprint density at radius 2 is 1.72 bits per heavy atom. The van der Waals surface area contributed by atoms with Crippen molar-refractivity contribution in [3.8, 4) is 0 Å². The van der Waals surface area contributed by atoms with Gasteiger partial charge in [0, 0.05) is 13.1 Å². The zero-order valence-electron chi connectivity index (χ0n) is 17.4. The Hall–Kier alpha value is -3.40. The molecule has 0 aliphatic carbocycles. The molecule has 166 valence electrons. The summed E-state index contributed by atoms with van der Waals surface area (Å²) < 4.78 is 6.52. The zero-order chi connectivity index (χ0) is 22.3. The molecule has 3 aromatic rings. The van der Waals surface area contributed by atoms with E-state index in [9.17, 15) is 15.0 Å². The molecule has 3 atom stereocenters. The fourth-order valence-electron chi connectivity index (χ4n) is 3.60. The largest absolute Gasteiger partial charge is 0.394 e. The summed E-state index contributed by atoms with van der Waals surface area (Å²) in [5, 5.41) is 19.4. The van der Waals surface area contributed by atoms with Gasteiger partial charge >= 0.3 is 5.69 Å². The minimum Gasteiger partial charge on any atom is -0.394 e. The molecule has 2 aromatic carbocycles. The maximum atomic E-state index is 12.5. The van der Waals surface area contributed by atoms with Crippen LogP contribution in [0, 0.1) is 0 Å². The van der Waals surface area contributed by atoms with Crippen molar-refractivity contribution >= 4 is 12.3 Å². The van der Waals surface area contributed by atoms with E-state index >= 15 is 0 Å². The number of hydrogen-bond donors (Lipinski definition) is 2. The molecule has 9 nitrogen and oxygen atoms in total. The summed E-state index contributed by atoms with van der Waals surface area (Å²) in [5.41, 5.74) is 1.66. The third-order valence-electron chi connectivity index (χ3n) is 5.30. The molecule has 1 aliphatic heterocycles. The first-order valence-corrected chi connectivity index (χ1v) is 10.4. The molecule has 1 aromatic heterocycles. The molecule has 1 aliphatic rings. The van der Waals surface area contributed by atoms with Crippen LogP contribution >= 0.6 is 0 Å². The standard InChI is InChI=1S/C23H25N5O4/c29-13-20-21(30)19(14-32-20)28-16-25-22(26-23(28)31)24-15-27(11-17-7-3-1-4-8-17)12-18-9-5-2-6-10-18/h1-10,15-16,19-21,29-30H,11-14H2/b24-15-/t19-,20-,21+/m1/s1. The van der Waals surface area contributed by atoms with Gasteiger partial charge in [0.2, 0.25) is 0 Å². The normalized spacial score (nSPS) is 20.6. The lowest BCUT2D eigenvalue weighted by Gasteiger charge is -2.20. The molecule has 1 saturated heterocycles. The summed E-state index contributed by atoms with van der Waals surface area (Å²) in [7, 11) is 0. The van der Waals surface area contributed by atoms with Gasteiger partial charge in [-0.2, -0.15) is 4.98 Å². The van der Waals surface area contributed by atoms with Gasteiger partial charge in [0.15, 0.2) is 0 Å². The third-order valence-corrected chi connectivity index (χ3v) is 5.30. The molecule has 0 spiro atoms. The number of nitrogens with zero attached hydrogens (tertiary/aromatic N) is 5. The molecule has 0 unspecified atom stereocenters. The van der Waals surface area contributed by atoms with Gasteiger partial charge < -0.3 is 19.8 Å². The van der Waals surface area contributed by atoms with Crippen molar-refractivity contribution in [2.75, 3.05) is 13.2 Å². The van der Waals surface area contributed by atoms with E-state index in [0.29, 0.717) is 13.1 Å². The van der Waals surface area contributed by atoms with Crippen LogP contribution in [0.1, 0.15) is 17.2 Å². The van der Waals surface area contributed by atoms with Gasteiger partial charge in [0.05, 0.1) is 25.6 Å². The first kappa shape index (κ1) is 21.8. The van der Waals surface area contributed by atoms with Crippen molar-refractivity contribution < 1.29 is 14.9 Å². The number of ether oxygens (including phenoxy) is 1. The maximum Gasteiger partial charge on any atom is 0.352 e. The molecular formula is C23H25N5O4. The molecule has 0 amide bonds. The van der Waals surface area contributed by atoms with Gasteiger partial charge in [-0.05, 0) is 11.1 Å². The van der Waals surface area contributed by atoms with Crippen LogP contribution in [0.15, 0.2) is 76.8 Å². The summed E-state index contributed by atoms with van der Waals surface area (Å²) >= 11 is 0. The van der Waals surface area contributed by atoms with Crippen LogP contribution < -0.4 is 5.69 Å². The molecule has 0 bridgehead atoms. The van der Waals surface area contributed by atoms with Gasteiger partial charge in [-0.15, -0.1) is 0 Å². The first-order valence-electron chi connectivity index (χ1n) is 10.4. The lowest BCUT2D eigenvalue weighted by atomic mass is 10.1. The van der Waals surface area contributed by atoms with E-state index in [1.54, 1.807) is 6.34 Å². The molecule has 1 fully saturated rings. The SMILES string of the molecule is O=c1nc(/N=C\N(Cc2ccccc2)Cc2ccccc2)ncn1[C@@H]1CO[C@H](CO)[C@H]1O. The highest BCUT2D eigenvalue weighted by Crippen LogP contribution is 2.23. The van der Waals surface area contributed by atoms with Crippen molar-refractivity contribution in [2.45, 2.75) is 31.3 Å². The van der Waals surface area contributed by atoms with E-state index in [0.717, 1.165) is 11.1 Å².